The molecule has 18 heavy (non-hydrogen) atoms. The van der Waals surface area contributed by atoms with Crippen LogP contribution in [0.15, 0.2) is 24.3 Å². The Morgan fingerprint density at radius 1 is 1.39 bits per heavy atom. The molecule has 2 N–H and O–H groups in total. The summed E-state index contributed by atoms with van der Waals surface area (Å²) in [6.07, 6.45) is 0. The minimum absolute atomic E-state index is 0.171. The van der Waals surface area contributed by atoms with Crippen molar-refractivity contribution in [2.24, 2.45) is 11.7 Å². The lowest BCUT2D eigenvalue weighted by Gasteiger charge is -2.23. The van der Waals surface area contributed by atoms with E-state index in [0.717, 1.165) is 25.4 Å². The topological polar surface area (TPSA) is 47.7 Å². The van der Waals surface area contributed by atoms with Gasteiger partial charge in [-0.3, -0.25) is 0 Å². The summed E-state index contributed by atoms with van der Waals surface area (Å²) in [4.78, 5) is 2.27. The summed E-state index contributed by atoms with van der Waals surface area (Å²) in [7, 11) is 3.82. The molecule has 1 aliphatic heterocycles. The van der Waals surface area contributed by atoms with Crippen LogP contribution in [0.4, 0.5) is 0 Å². The van der Waals surface area contributed by atoms with Crippen molar-refractivity contribution in [3.05, 3.63) is 29.8 Å². The van der Waals surface area contributed by atoms with Crippen molar-refractivity contribution in [2.45, 2.75) is 12.6 Å². The van der Waals surface area contributed by atoms with Gasteiger partial charge in [0.1, 0.15) is 5.75 Å². The second-order valence-electron chi connectivity index (χ2n) is 4.97. The molecule has 0 spiro atoms. The Morgan fingerprint density at radius 2 is 2.17 bits per heavy atom. The zero-order valence-electron chi connectivity index (χ0n) is 11.1. The molecule has 100 valence electrons. The van der Waals surface area contributed by atoms with E-state index in [1.54, 1.807) is 7.11 Å². The molecule has 2 unspecified atom stereocenters. The molecule has 0 aromatic heterocycles. The quantitative estimate of drug-likeness (QED) is 0.850. The highest BCUT2D eigenvalue weighted by atomic mass is 16.5. The SMILES string of the molecule is COc1ccccc1CN(C)CC1COCC1N. The van der Waals surface area contributed by atoms with Crippen LogP contribution in [-0.2, 0) is 11.3 Å². The number of methoxy groups -OCH3 is 1. The van der Waals surface area contributed by atoms with Crippen LogP contribution in [0.1, 0.15) is 5.56 Å². The van der Waals surface area contributed by atoms with Crippen LogP contribution in [0.2, 0.25) is 0 Å². The van der Waals surface area contributed by atoms with E-state index in [1.165, 1.54) is 5.56 Å². The molecule has 0 saturated carbocycles. The standard InChI is InChI=1S/C14H22N2O2/c1-16(8-12-9-18-10-13(12)15)7-11-5-3-4-6-14(11)17-2/h3-6,12-13H,7-10,15H2,1-2H3. The van der Waals surface area contributed by atoms with E-state index in [2.05, 4.69) is 18.0 Å². The van der Waals surface area contributed by atoms with Crippen molar-refractivity contribution in [3.8, 4) is 5.75 Å². The summed E-state index contributed by atoms with van der Waals surface area (Å²) in [6, 6.07) is 8.29. The monoisotopic (exact) mass is 250 g/mol. The van der Waals surface area contributed by atoms with E-state index >= 15 is 0 Å². The van der Waals surface area contributed by atoms with Gasteiger partial charge in [0, 0.05) is 30.6 Å². The van der Waals surface area contributed by atoms with Gasteiger partial charge < -0.3 is 20.1 Å². The van der Waals surface area contributed by atoms with Gasteiger partial charge in [0.05, 0.1) is 20.3 Å². The maximum Gasteiger partial charge on any atom is 0.123 e. The Balaban J connectivity index is 1.92. The van der Waals surface area contributed by atoms with Crippen molar-refractivity contribution in [3.63, 3.8) is 0 Å². The zero-order chi connectivity index (χ0) is 13.0. The van der Waals surface area contributed by atoms with Crippen LogP contribution in [0.25, 0.3) is 0 Å². The van der Waals surface area contributed by atoms with E-state index in [0.29, 0.717) is 12.5 Å². The van der Waals surface area contributed by atoms with Gasteiger partial charge in [0.25, 0.3) is 0 Å². The van der Waals surface area contributed by atoms with E-state index in [4.69, 9.17) is 15.2 Å². The van der Waals surface area contributed by atoms with Crippen LogP contribution in [0.5, 0.6) is 5.75 Å². The van der Waals surface area contributed by atoms with Gasteiger partial charge in [-0.15, -0.1) is 0 Å². The number of para-hydroxylation sites is 1. The van der Waals surface area contributed by atoms with Crippen LogP contribution < -0.4 is 10.5 Å². The van der Waals surface area contributed by atoms with E-state index in [9.17, 15) is 0 Å². The minimum Gasteiger partial charge on any atom is -0.496 e. The maximum atomic E-state index is 6.00. The lowest BCUT2D eigenvalue weighted by molar-refractivity contribution is 0.172. The summed E-state index contributed by atoms with van der Waals surface area (Å²) < 4.78 is 10.8. The molecule has 4 nitrogen and oxygen atoms in total. The van der Waals surface area contributed by atoms with Crippen LogP contribution in [0, 0.1) is 5.92 Å². The lowest BCUT2D eigenvalue weighted by Crippen LogP contribution is -2.36. The Morgan fingerprint density at radius 3 is 2.83 bits per heavy atom. The summed E-state index contributed by atoms with van der Waals surface area (Å²) in [5.74, 6) is 1.38. The molecule has 1 saturated heterocycles. The first-order valence-electron chi connectivity index (χ1n) is 6.34. The largest absolute Gasteiger partial charge is 0.496 e. The molecule has 1 aromatic carbocycles. The summed E-state index contributed by atoms with van der Waals surface area (Å²) >= 11 is 0. The molecule has 1 heterocycles. The molecule has 1 fully saturated rings. The van der Waals surface area contributed by atoms with Crippen molar-refractivity contribution >= 4 is 0 Å². The third-order valence-electron chi connectivity index (χ3n) is 3.43. The van der Waals surface area contributed by atoms with Gasteiger partial charge in [-0.05, 0) is 13.1 Å². The van der Waals surface area contributed by atoms with Gasteiger partial charge in [0.2, 0.25) is 0 Å². The average molecular weight is 250 g/mol. The molecule has 1 aromatic rings. The van der Waals surface area contributed by atoms with Gasteiger partial charge in [0.15, 0.2) is 0 Å². The second-order valence-corrected chi connectivity index (χ2v) is 4.97. The molecule has 1 aliphatic rings. The first kappa shape index (κ1) is 13.3. The first-order valence-corrected chi connectivity index (χ1v) is 6.34. The number of hydrogen-bond acceptors (Lipinski definition) is 4. The van der Waals surface area contributed by atoms with Crippen LogP contribution >= 0.6 is 0 Å². The van der Waals surface area contributed by atoms with Crippen molar-refractivity contribution < 1.29 is 9.47 Å². The predicted octanol–water partition coefficient (Wildman–Crippen LogP) is 1.10. The Kier molecular flexibility index (Phi) is 4.58. The first-order chi connectivity index (χ1) is 8.70. The van der Waals surface area contributed by atoms with E-state index in [-0.39, 0.29) is 6.04 Å². The number of nitrogens with zero attached hydrogens (tertiary/aromatic N) is 1. The third-order valence-corrected chi connectivity index (χ3v) is 3.43. The number of nitrogens with two attached hydrogens (primary N) is 1. The molecular weight excluding hydrogens is 228 g/mol. The fourth-order valence-electron chi connectivity index (χ4n) is 2.39. The van der Waals surface area contributed by atoms with Gasteiger partial charge in [-0.2, -0.15) is 0 Å². The predicted molar refractivity (Wildman–Crippen MR) is 71.6 cm³/mol. The number of benzene rings is 1. The molecule has 0 aliphatic carbocycles. The summed E-state index contributed by atoms with van der Waals surface area (Å²) in [6.45, 7) is 3.29. The van der Waals surface area contributed by atoms with Crippen molar-refractivity contribution in [1.29, 1.82) is 0 Å². The van der Waals surface area contributed by atoms with E-state index < -0.39 is 0 Å². The van der Waals surface area contributed by atoms with Crippen LogP contribution in [0.3, 0.4) is 0 Å². The van der Waals surface area contributed by atoms with Gasteiger partial charge >= 0.3 is 0 Å². The van der Waals surface area contributed by atoms with Gasteiger partial charge in [-0.25, -0.2) is 0 Å². The highest BCUT2D eigenvalue weighted by Crippen LogP contribution is 2.20. The molecule has 0 radical (unpaired) electrons. The van der Waals surface area contributed by atoms with Crippen molar-refractivity contribution in [1.82, 2.24) is 4.90 Å². The highest BCUT2D eigenvalue weighted by molar-refractivity contribution is 5.32. The molecule has 0 bridgehead atoms. The highest BCUT2D eigenvalue weighted by Gasteiger charge is 2.25. The molecule has 2 rings (SSSR count). The Labute approximate surface area is 109 Å². The minimum atomic E-state index is 0.171. The summed E-state index contributed by atoms with van der Waals surface area (Å²) in [5, 5.41) is 0. The zero-order valence-corrected chi connectivity index (χ0v) is 11.1. The molecule has 0 amide bonds. The smallest absolute Gasteiger partial charge is 0.123 e. The number of ether oxygens (including phenoxy) is 2. The molecular formula is C14H22N2O2. The Hall–Kier alpha value is -1.10. The molecule has 2 atom stereocenters. The maximum absolute atomic E-state index is 6.00. The lowest BCUT2D eigenvalue weighted by atomic mass is 10.0. The average Bonchev–Trinajstić information content (AvgIpc) is 2.75. The fraction of sp³-hybridized carbons (Fsp3) is 0.571. The fourth-order valence-corrected chi connectivity index (χ4v) is 2.39. The number of rotatable bonds is 5. The Bertz CT molecular complexity index is 384. The third kappa shape index (κ3) is 3.22. The van der Waals surface area contributed by atoms with Gasteiger partial charge in [-0.1, -0.05) is 18.2 Å². The van der Waals surface area contributed by atoms with Crippen LogP contribution in [-0.4, -0.2) is 44.9 Å². The summed E-state index contributed by atoms with van der Waals surface area (Å²) in [5.41, 5.74) is 7.20. The van der Waals surface area contributed by atoms with E-state index in [1.807, 2.05) is 18.2 Å². The number of hydrogen-bond donors (Lipinski definition) is 1. The second kappa shape index (κ2) is 6.18. The van der Waals surface area contributed by atoms with Crippen molar-refractivity contribution in [2.75, 3.05) is 33.9 Å². The normalized spacial score (nSPS) is 23.6. The molecule has 4 heteroatoms.